The first-order valence-electron chi connectivity index (χ1n) is 6.89. The summed E-state index contributed by atoms with van der Waals surface area (Å²) in [6, 6.07) is 17.9. The van der Waals surface area contributed by atoms with E-state index >= 15 is 0 Å². The largest absolute Gasteiger partial charge is 0.490 e. The molecular formula is C17H20O3. The Morgan fingerprint density at radius 3 is 2.00 bits per heavy atom. The highest BCUT2D eigenvalue weighted by Crippen LogP contribution is 2.26. The maximum atomic E-state index is 8.79. The highest BCUT2D eigenvalue weighted by atomic mass is 16.5. The molecule has 106 valence electrons. The summed E-state index contributed by atoms with van der Waals surface area (Å²) in [5.74, 6) is 1.41. The summed E-state index contributed by atoms with van der Waals surface area (Å²) >= 11 is 0. The number of hydrogen-bond acceptors (Lipinski definition) is 3. The number of benzene rings is 2. The van der Waals surface area contributed by atoms with Gasteiger partial charge >= 0.3 is 0 Å². The van der Waals surface area contributed by atoms with Crippen molar-refractivity contribution in [1.82, 2.24) is 0 Å². The number of para-hydroxylation sites is 2. The van der Waals surface area contributed by atoms with Crippen molar-refractivity contribution in [1.29, 1.82) is 0 Å². The molecule has 0 aliphatic heterocycles. The second kappa shape index (κ2) is 8.23. The van der Waals surface area contributed by atoms with Crippen molar-refractivity contribution in [3.63, 3.8) is 0 Å². The molecule has 0 radical (unpaired) electrons. The third-order valence-corrected chi connectivity index (χ3v) is 2.91. The average Bonchev–Trinajstić information content (AvgIpc) is 2.51. The molecule has 2 aromatic rings. The van der Waals surface area contributed by atoms with Crippen LogP contribution in [-0.2, 0) is 6.42 Å². The molecule has 0 bridgehead atoms. The number of aliphatic hydroxyl groups excluding tert-OH is 1. The normalized spacial score (nSPS) is 10.2. The molecule has 0 saturated heterocycles. The van der Waals surface area contributed by atoms with Crippen molar-refractivity contribution < 1.29 is 14.6 Å². The zero-order valence-electron chi connectivity index (χ0n) is 11.5. The Labute approximate surface area is 119 Å². The molecule has 0 saturated carbocycles. The maximum Gasteiger partial charge on any atom is 0.161 e. The summed E-state index contributed by atoms with van der Waals surface area (Å²) < 4.78 is 11.2. The Balaban J connectivity index is 1.79. The zero-order valence-corrected chi connectivity index (χ0v) is 11.5. The Kier molecular flexibility index (Phi) is 5.93. The molecule has 0 aliphatic carbocycles. The van der Waals surface area contributed by atoms with Crippen molar-refractivity contribution >= 4 is 0 Å². The first-order chi connectivity index (χ1) is 9.90. The van der Waals surface area contributed by atoms with E-state index in [1.54, 1.807) is 0 Å². The van der Waals surface area contributed by atoms with Crippen molar-refractivity contribution in [3.8, 4) is 11.5 Å². The molecule has 0 fully saturated rings. The van der Waals surface area contributed by atoms with E-state index in [1.807, 2.05) is 42.5 Å². The number of ether oxygens (including phenoxy) is 2. The lowest BCUT2D eigenvalue weighted by atomic mass is 10.1. The van der Waals surface area contributed by atoms with Crippen LogP contribution in [0.1, 0.15) is 12.0 Å². The van der Waals surface area contributed by atoms with Crippen LogP contribution in [0.3, 0.4) is 0 Å². The van der Waals surface area contributed by atoms with Gasteiger partial charge in [-0.15, -0.1) is 0 Å². The fourth-order valence-corrected chi connectivity index (χ4v) is 1.95. The van der Waals surface area contributed by atoms with E-state index in [9.17, 15) is 0 Å². The first-order valence-corrected chi connectivity index (χ1v) is 6.89. The van der Waals surface area contributed by atoms with Crippen molar-refractivity contribution in [2.45, 2.75) is 12.8 Å². The lowest BCUT2D eigenvalue weighted by molar-refractivity contribution is 0.193. The van der Waals surface area contributed by atoms with Crippen LogP contribution in [0.5, 0.6) is 11.5 Å². The molecule has 3 heteroatoms. The van der Waals surface area contributed by atoms with E-state index in [1.165, 1.54) is 5.56 Å². The fourth-order valence-electron chi connectivity index (χ4n) is 1.95. The topological polar surface area (TPSA) is 38.7 Å². The number of aliphatic hydroxyl groups is 1. The van der Waals surface area contributed by atoms with Gasteiger partial charge in [0.2, 0.25) is 0 Å². The lowest BCUT2D eigenvalue weighted by Crippen LogP contribution is -2.05. The fraction of sp³-hybridized carbons (Fsp3) is 0.294. The molecule has 1 N–H and O–H groups in total. The van der Waals surface area contributed by atoms with Crippen LogP contribution < -0.4 is 9.47 Å². The predicted octanol–water partition coefficient (Wildman–Crippen LogP) is 3.07. The van der Waals surface area contributed by atoms with E-state index in [2.05, 4.69) is 12.1 Å². The van der Waals surface area contributed by atoms with Crippen molar-refractivity contribution in [2.75, 3.05) is 19.8 Å². The minimum atomic E-state index is 0.00232. The van der Waals surface area contributed by atoms with Gasteiger partial charge in [0.15, 0.2) is 11.5 Å². The van der Waals surface area contributed by atoms with Crippen molar-refractivity contribution in [3.05, 3.63) is 60.2 Å². The van der Waals surface area contributed by atoms with E-state index in [-0.39, 0.29) is 13.2 Å². The van der Waals surface area contributed by atoms with E-state index in [0.29, 0.717) is 12.4 Å². The Bertz CT molecular complexity index is 497. The molecule has 2 rings (SSSR count). The summed E-state index contributed by atoms with van der Waals surface area (Å²) in [5.41, 5.74) is 1.32. The second-order valence-electron chi connectivity index (χ2n) is 4.46. The molecular weight excluding hydrogens is 252 g/mol. The van der Waals surface area contributed by atoms with Gasteiger partial charge in [-0.25, -0.2) is 0 Å². The smallest absolute Gasteiger partial charge is 0.161 e. The highest BCUT2D eigenvalue weighted by Gasteiger charge is 2.03. The van der Waals surface area contributed by atoms with Gasteiger partial charge in [-0.05, 0) is 30.5 Å². The van der Waals surface area contributed by atoms with Crippen LogP contribution in [0.4, 0.5) is 0 Å². The maximum absolute atomic E-state index is 8.79. The molecule has 20 heavy (non-hydrogen) atoms. The molecule has 0 atom stereocenters. The zero-order chi connectivity index (χ0) is 14.0. The molecule has 0 spiro atoms. The van der Waals surface area contributed by atoms with Gasteiger partial charge in [0, 0.05) is 0 Å². The van der Waals surface area contributed by atoms with Gasteiger partial charge in [-0.3, -0.25) is 0 Å². The molecule has 0 heterocycles. The average molecular weight is 272 g/mol. The molecule has 0 unspecified atom stereocenters. The number of aryl methyl sites for hydroxylation is 1. The Morgan fingerprint density at radius 1 is 0.750 bits per heavy atom. The Morgan fingerprint density at radius 2 is 1.35 bits per heavy atom. The summed E-state index contributed by atoms with van der Waals surface area (Å²) in [4.78, 5) is 0. The Hall–Kier alpha value is -2.00. The predicted molar refractivity (Wildman–Crippen MR) is 79.3 cm³/mol. The van der Waals surface area contributed by atoms with Crippen LogP contribution >= 0.6 is 0 Å². The molecule has 0 aromatic heterocycles. The third kappa shape index (κ3) is 4.59. The van der Waals surface area contributed by atoms with Gasteiger partial charge in [-0.1, -0.05) is 42.5 Å². The summed E-state index contributed by atoms with van der Waals surface area (Å²) in [6.45, 7) is 0.932. The second-order valence-corrected chi connectivity index (χ2v) is 4.46. The molecule has 2 aromatic carbocycles. The quantitative estimate of drug-likeness (QED) is 0.751. The van der Waals surface area contributed by atoms with Gasteiger partial charge < -0.3 is 14.6 Å². The third-order valence-electron chi connectivity index (χ3n) is 2.91. The monoisotopic (exact) mass is 272 g/mol. The SMILES string of the molecule is OCCOc1ccccc1OCCCc1ccccc1. The molecule has 0 amide bonds. The van der Waals surface area contributed by atoms with Gasteiger partial charge in [0.1, 0.15) is 6.61 Å². The minimum Gasteiger partial charge on any atom is -0.490 e. The van der Waals surface area contributed by atoms with Gasteiger partial charge in [0.25, 0.3) is 0 Å². The number of rotatable bonds is 8. The van der Waals surface area contributed by atoms with E-state index in [4.69, 9.17) is 14.6 Å². The van der Waals surface area contributed by atoms with E-state index in [0.717, 1.165) is 18.6 Å². The lowest BCUT2D eigenvalue weighted by Gasteiger charge is -2.11. The summed E-state index contributed by atoms with van der Waals surface area (Å²) in [5, 5.41) is 8.79. The highest BCUT2D eigenvalue weighted by molar-refractivity contribution is 5.39. The van der Waals surface area contributed by atoms with Crippen LogP contribution in [-0.4, -0.2) is 24.9 Å². The van der Waals surface area contributed by atoms with Gasteiger partial charge in [-0.2, -0.15) is 0 Å². The van der Waals surface area contributed by atoms with Crippen molar-refractivity contribution in [2.24, 2.45) is 0 Å². The molecule has 3 nitrogen and oxygen atoms in total. The molecule has 0 aliphatic rings. The summed E-state index contributed by atoms with van der Waals surface area (Å²) in [7, 11) is 0. The minimum absolute atomic E-state index is 0.00232. The van der Waals surface area contributed by atoms with Crippen LogP contribution in [0.15, 0.2) is 54.6 Å². The van der Waals surface area contributed by atoms with Crippen LogP contribution in [0.25, 0.3) is 0 Å². The number of hydrogen-bond donors (Lipinski definition) is 1. The van der Waals surface area contributed by atoms with Gasteiger partial charge in [0.05, 0.1) is 13.2 Å². The standard InChI is InChI=1S/C17H20O3/c18-12-14-20-17-11-5-4-10-16(17)19-13-6-9-15-7-2-1-3-8-15/h1-5,7-8,10-11,18H,6,9,12-14H2. The van der Waals surface area contributed by atoms with Crippen LogP contribution in [0.2, 0.25) is 0 Å². The van der Waals surface area contributed by atoms with Crippen LogP contribution in [0, 0.1) is 0 Å². The van der Waals surface area contributed by atoms with E-state index < -0.39 is 0 Å². The summed E-state index contributed by atoms with van der Waals surface area (Å²) in [6.07, 6.45) is 1.96. The first kappa shape index (κ1) is 14.4.